The molecule has 0 aliphatic carbocycles. The molecule has 0 aromatic heterocycles. The van der Waals surface area contributed by atoms with Gasteiger partial charge in [0.15, 0.2) is 0 Å². The van der Waals surface area contributed by atoms with E-state index < -0.39 is 18.1 Å². The lowest BCUT2D eigenvalue weighted by atomic mass is 10.2. The molecule has 2 aliphatic rings. The van der Waals surface area contributed by atoms with Gasteiger partial charge in [0.2, 0.25) is 0 Å². The van der Waals surface area contributed by atoms with E-state index in [9.17, 15) is 14.7 Å². The second-order valence-electron chi connectivity index (χ2n) is 5.93. The fourth-order valence-electron chi connectivity index (χ4n) is 3.14. The number of likely N-dealkylation sites (tertiary alicyclic amines) is 2. The van der Waals surface area contributed by atoms with Crippen molar-refractivity contribution in [2.75, 3.05) is 33.7 Å². The topological polar surface area (TPSA) is 84.3 Å². The third kappa shape index (κ3) is 3.04. The van der Waals surface area contributed by atoms with E-state index in [1.807, 2.05) is 19.0 Å². The highest BCUT2D eigenvalue weighted by Crippen LogP contribution is 2.25. The van der Waals surface area contributed by atoms with Gasteiger partial charge in [-0.15, -0.1) is 0 Å². The molecule has 0 bridgehead atoms. The Hall–Kier alpha value is -1.34. The van der Waals surface area contributed by atoms with Crippen LogP contribution in [0.1, 0.15) is 19.3 Å². The van der Waals surface area contributed by atoms with E-state index in [-0.39, 0.29) is 12.1 Å². The summed E-state index contributed by atoms with van der Waals surface area (Å²) in [5, 5.41) is 19.0. The van der Waals surface area contributed by atoms with Gasteiger partial charge >= 0.3 is 12.0 Å². The van der Waals surface area contributed by atoms with Gasteiger partial charge in [0.25, 0.3) is 0 Å². The summed E-state index contributed by atoms with van der Waals surface area (Å²) >= 11 is 0. The Morgan fingerprint density at radius 1 is 1.30 bits per heavy atom. The van der Waals surface area contributed by atoms with E-state index in [2.05, 4.69) is 0 Å². The molecule has 2 rings (SSSR count). The van der Waals surface area contributed by atoms with Crippen molar-refractivity contribution in [1.82, 2.24) is 14.7 Å². The molecular weight excluding hydrogens is 262 g/mol. The molecule has 7 nitrogen and oxygen atoms in total. The molecule has 0 aromatic rings. The Labute approximate surface area is 118 Å². The predicted molar refractivity (Wildman–Crippen MR) is 72.4 cm³/mol. The molecule has 0 saturated carbocycles. The molecule has 3 atom stereocenters. The van der Waals surface area contributed by atoms with Crippen LogP contribution in [0.4, 0.5) is 4.79 Å². The molecule has 0 spiro atoms. The van der Waals surface area contributed by atoms with E-state index in [1.165, 1.54) is 4.90 Å². The SMILES string of the molecule is CN(C)CC1CC(O)CN1C(=O)N1CCCC1C(=O)O. The maximum atomic E-state index is 12.6. The average molecular weight is 285 g/mol. The molecule has 2 saturated heterocycles. The number of amides is 2. The number of carboxylic acid groups (broad SMARTS) is 1. The molecule has 2 aliphatic heterocycles. The van der Waals surface area contributed by atoms with Crippen LogP contribution in [0, 0.1) is 0 Å². The van der Waals surface area contributed by atoms with Crippen molar-refractivity contribution in [3.05, 3.63) is 0 Å². The molecular formula is C13H23N3O4. The molecule has 2 N–H and O–H groups in total. The summed E-state index contributed by atoms with van der Waals surface area (Å²) in [6.07, 6.45) is 1.26. The highest BCUT2D eigenvalue weighted by molar-refractivity contribution is 5.83. The molecule has 3 unspecified atom stereocenters. The maximum Gasteiger partial charge on any atom is 0.326 e. The van der Waals surface area contributed by atoms with Gasteiger partial charge in [-0.25, -0.2) is 9.59 Å². The van der Waals surface area contributed by atoms with Crippen molar-refractivity contribution < 1.29 is 19.8 Å². The van der Waals surface area contributed by atoms with Gasteiger partial charge in [-0.3, -0.25) is 0 Å². The summed E-state index contributed by atoms with van der Waals surface area (Å²) in [4.78, 5) is 28.8. The molecule has 114 valence electrons. The normalized spacial score (nSPS) is 30.3. The van der Waals surface area contributed by atoms with Crippen LogP contribution in [0.15, 0.2) is 0 Å². The molecule has 2 fully saturated rings. The fraction of sp³-hybridized carbons (Fsp3) is 0.846. The first-order valence-electron chi connectivity index (χ1n) is 7.03. The summed E-state index contributed by atoms with van der Waals surface area (Å²) in [7, 11) is 3.84. The summed E-state index contributed by atoms with van der Waals surface area (Å²) in [6, 6.07) is -1.03. The van der Waals surface area contributed by atoms with E-state index >= 15 is 0 Å². The summed E-state index contributed by atoms with van der Waals surface area (Å²) < 4.78 is 0. The number of carbonyl (C=O) groups excluding carboxylic acids is 1. The van der Waals surface area contributed by atoms with Gasteiger partial charge in [0.1, 0.15) is 6.04 Å². The van der Waals surface area contributed by atoms with Crippen molar-refractivity contribution in [3.63, 3.8) is 0 Å². The van der Waals surface area contributed by atoms with Crippen LogP contribution in [0.2, 0.25) is 0 Å². The number of aliphatic carboxylic acids is 1. The monoisotopic (exact) mass is 285 g/mol. The summed E-state index contributed by atoms with van der Waals surface area (Å²) in [5.74, 6) is -0.945. The number of carbonyl (C=O) groups is 2. The van der Waals surface area contributed by atoms with Crippen molar-refractivity contribution in [2.24, 2.45) is 0 Å². The van der Waals surface area contributed by atoms with E-state index in [0.717, 1.165) is 6.42 Å². The Balaban J connectivity index is 2.08. The number of likely N-dealkylation sites (N-methyl/N-ethyl adjacent to an activating group) is 1. The lowest BCUT2D eigenvalue weighted by Crippen LogP contribution is -2.51. The van der Waals surface area contributed by atoms with Gasteiger partial charge in [0.05, 0.1) is 6.10 Å². The Morgan fingerprint density at radius 2 is 2.00 bits per heavy atom. The Kier molecular flexibility index (Phi) is 4.49. The van der Waals surface area contributed by atoms with Crippen LogP contribution in [-0.4, -0.2) is 88.8 Å². The van der Waals surface area contributed by atoms with Gasteiger partial charge < -0.3 is 24.9 Å². The minimum Gasteiger partial charge on any atom is -0.480 e. The zero-order valence-electron chi connectivity index (χ0n) is 12.0. The summed E-state index contributed by atoms with van der Waals surface area (Å²) in [6.45, 7) is 1.45. The third-order valence-corrected chi connectivity index (χ3v) is 4.00. The Morgan fingerprint density at radius 3 is 2.60 bits per heavy atom. The number of nitrogens with zero attached hydrogens (tertiary/aromatic N) is 3. The first-order chi connectivity index (χ1) is 9.40. The summed E-state index contributed by atoms with van der Waals surface area (Å²) in [5.41, 5.74) is 0. The average Bonchev–Trinajstić information content (AvgIpc) is 2.94. The predicted octanol–water partition coefficient (Wildman–Crippen LogP) is -0.348. The van der Waals surface area contributed by atoms with E-state index in [0.29, 0.717) is 32.5 Å². The van der Waals surface area contributed by atoms with Gasteiger partial charge in [-0.1, -0.05) is 0 Å². The number of carboxylic acids is 1. The number of rotatable bonds is 3. The molecule has 0 aromatic carbocycles. The minimum absolute atomic E-state index is 0.0532. The van der Waals surface area contributed by atoms with E-state index in [4.69, 9.17) is 5.11 Å². The number of aliphatic hydroxyl groups is 1. The van der Waals surface area contributed by atoms with Crippen LogP contribution in [0.25, 0.3) is 0 Å². The molecule has 7 heteroatoms. The largest absolute Gasteiger partial charge is 0.480 e. The smallest absolute Gasteiger partial charge is 0.326 e. The second-order valence-corrected chi connectivity index (χ2v) is 5.93. The molecule has 2 heterocycles. The van der Waals surface area contributed by atoms with Crippen LogP contribution < -0.4 is 0 Å². The van der Waals surface area contributed by atoms with Crippen molar-refractivity contribution in [2.45, 2.75) is 37.5 Å². The van der Waals surface area contributed by atoms with Crippen LogP contribution in [0.3, 0.4) is 0 Å². The number of aliphatic hydroxyl groups excluding tert-OH is 1. The molecule has 2 amide bonds. The highest BCUT2D eigenvalue weighted by atomic mass is 16.4. The molecule has 0 radical (unpaired) electrons. The van der Waals surface area contributed by atoms with Gasteiger partial charge in [0, 0.05) is 25.7 Å². The maximum absolute atomic E-state index is 12.6. The first-order valence-corrected chi connectivity index (χ1v) is 7.03. The second kappa shape index (κ2) is 5.97. The lowest BCUT2D eigenvalue weighted by molar-refractivity contribution is -0.141. The minimum atomic E-state index is -0.945. The number of hydrogen-bond acceptors (Lipinski definition) is 4. The van der Waals surface area contributed by atoms with Crippen LogP contribution in [-0.2, 0) is 4.79 Å². The third-order valence-electron chi connectivity index (χ3n) is 4.00. The standard InChI is InChI=1S/C13H23N3O4/c1-14(2)7-9-6-10(17)8-16(9)13(20)15-5-3-4-11(15)12(18)19/h9-11,17H,3-8H2,1-2H3,(H,18,19). The molecule has 20 heavy (non-hydrogen) atoms. The number of urea groups is 1. The Bertz CT molecular complexity index is 388. The van der Waals surface area contributed by atoms with Crippen LogP contribution >= 0.6 is 0 Å². The number of hydrogen-bond donors (Lipinski definition) is 2. The first kappa shape index (κ1) is 15.1. The fourth-order valence-corrected chi connectivity index (χ4v) is 3.14. The lowest BCUT2D eigenvalue weighted by Gasteiger charge is -2.32. The zero-order chi connectivity index (χ0) is 14.9. The zero-order valence-corrected chi connectivity index (χ0v) is 12.0. The van der Waals surface area contributed by atoms with Crippen molar-refractivity contribution in [3.8, 4) is 0 Å². The van der Waals surface area contributed by atoms with Gasteiger partial charge in [-0.2, -0.15) is 0 Å². The van der Waals surface area contributed by atoms with Crippen molar-refractivity contribution in [1.29, 1.82) is 0 Å². The van der Waals surface area contributed by atoms with E-state index in [1.54, 1.807) is 4.90 Å². The highest BCUT2D eigenvalue weighted by Gasteiger charge is 2.41. The number of β-amino-alcohol motifs (C(OH)–C–C–N with tert-alkyl or cyclic N) is 1. The quantitative estimate of drug-likeness (QED) is 0.740. The van der Waals surface area contributed by atoms with Gasteiger partial charge in [-0.05, 0) is 33.4 Å². The van der Waals surface area contributed by atoms with Crippen LogP contribution in [0.5, 0.6) is 0 Å². The van der Waals surface area contributed by atoms with Crippen molar-refractivity contribution >= 4 is 12.0 Å².